The molecule has 15 heavy (non-hydrogen) atoms. The summed E-state index contributed by atoms with van der Waals surface area (Å²) < 4.78 is 36.4. The monoisotopic (exact) mass is 216 g/mol. The van der Waals surface area contributed by atoms with E-state index in [2.05, 4.69) is 4.98 Å². The Balaban J connectivity index is 2.96. The Hall–Kier alpha value is -1.61. The molecule has 0 aliphatic heterocycles. The minimum Gasteiger partial charge on any atom is -0.395 e. The Morgan fingerprint density at radius 2 is 2.13 bits per heavy atom. The summed E-state index contributed by atoms with van der Waals surface area (Å²) in [6, 6.07) is 3.66. The van der Waals surface area contributed by atoms with Crippen LogP contribution in [-0.4, -0.2) is 16.7 Å². The van der Waals surface area contributed by atoms with Crippen molar-refractivity contribution < 1.29 is 18.3 Å². The summed E-state index contributed by atoms with van der Waals surface area (Å²) in [5.41, 5.74) is -0.742. The van der Waals surface area contributed by atoms with Gasteiger partial charge in [0.25, 0.3) is 0 Å². The van der Waals surface area contributed by atoms with Crippen molar-refractivity contribution in [3.63, 3.8) is 0 Å². The Morgan fingerprint density at radius 1 is 1.47 bits per heavy atom. The third kappa shape index (κ3) is 2.67. The molecule has 0 bridgehead atoms. The van der Waals surface area contributed by atoms with Crippen LogP contribution in [0, 0.1) is 11.3 Å². The molecule has 1 heterocycles. The van der Waals surface area contributed by atoms with Crippen molar-refractivity contribution in [1.29, 1.82) is 5.26 Å². The van der Waals surface area contributed by atoms with Crippen molar-refractivity contribution in [2.75, 3.05) is 6.61 Å². The predicted molar refractivity (Wildman–Crippen MR) is 44.7 cm³/mol. The lowest BCUT2D eigenvalue weighted by atomic mass is 10.1. The molecular formula is C9H7F3N2O. The molecule has 1 aromatic rings. The summed E-state index contributed by atoms with van der Waals surface area (Å²) in [7, 11) is 0. The molecule has 1 rings (SSSR count). The van der Waals surface area contributed by atoms with Crippen molar-refractivity contribution in [3.05, 3.63) is 29.6 Å². The number of alkyl halides is 3. The SMILES string of the molecule is N#CC(CO)c1ccc(C(F)(F)F)cn1. The third-order valence-electron chi connectivity index (χ3n) is 1.81. The molecule has 1 atom stereocenters. The quantitative estimate of drug-likeness (QED) is 0.818. The highest BCUT2D eigenvalue weighted by molar-refractivity contribution is 5.22. The van der Waals surface area contributed by atoms with Crippen molar-refractivity contribution in [1.82, 2.24) is 4.98 Å². The van der Waals surface area contributed by atoms with Gasteiger partial charge in [-0.25, -0.2) is 0 Å². The van der Waals surface area contributed by atoms with E-state index in [1.54, 1.807) is 6.07 Å². The molecule has 0 amide bonds. The molecule has 6 heteroatoms. The minimum absolute atomic E-state index is 0.132. The Labute approximate surface area is 83.8 Å². The van der Waals surface area contributed by atoms with E-state index in [9.17, 15) is 13.2 Å². The number of aromatic nitrogens is 1. The second-order valence-corrected chi connectivity index (χ2v) is 2.83. The standard InChI is InChI=1S/C9H7F3N2O/c10-9(11,12)7-1-2-8(14-4-7)6(3-13)5-15/h1-2,4,6,15H,5H2. The van der Waals surface area contributed by atoms with E-state index in [0.717, 1.165) is 12.1 Å². The zero-order chi connectivity index (χ0) is 11.5. The molecule has 0 aromatic carbocycles. The predicted octanol–water partition coefficient (Wildman–Crippen LogP) is 1.70. The van der Waals surface area contributed by atoms with E-state index in [-0.39, 0.29) is 5.69 Å². The zero-order valence-corrected chi connectivity index (χ0v) is 7.49. The van der Waals surface area contributed by atoms with Gasteiger partial charge in [-0.05, 0) is 12.1 Å². The molecule has 0 radical (unpaired) electrons. The van der Waals surface area contributed by atoms with Gasteiger partial charge in [0.1, 0.15) is 5.92 Å². The molecule has 3 nitrogen and oxygen atoms in total. The van der Waals surface area contributed by atoms with Crippen LogP contribution in [0.25, 0.3) is 0 Å². The van der Waals surface area contributed by atoms with Gasteiger partial charge >= 0.3 is 6.18 Å². The van der Waals surface area contributed by atoms with Gasteiger partial charge in [0.05, 0.1) is 23.9 Å². The normalized spacial score (nSPS) is 13.3. The van der Waals surface area contributed by atoms with Gasteiger partial charge in [0.15, 0.2) is 0 Å². The number of hydrogen-bond donors (Lipinski definition) is 1. The van der Waals surface area contributed by atoms with Gasteiger partial charge in [-0.1, -0.05) is 0 Å². The van der Waals surface area contributed by atoms with Gasteiger partial charge in [-0.3, -0.25) is 4.98 Å². The average molecular weight is 216 g/mol. The van der Waals surface area contributed by atoms with Gasteiger partial charge in [0, 0.05) is 6.20 Å². The first-order valence-corrected chi connectivity index (χ1v) is 4.02. The van der Waals surface area contributed by atoms with E-state index in [4.69, 9.17) is 10.4 Å². The van der Waals surface area contributed by atoms with Crippen molar-refractivity contribution >= 4 is 0 Å². The highest BCUT2D eigenvalue weighted by Crippen LogP contribution is 2.28. The van der Waals surface area contributed by atoms with Crippen LogP contribution < -0.4 is 0 Å². The fourth-order valence-electron chi connectivity index (χ4n) is 0.980. The lowest BCUT2D eigenvalue weighted by molar-refractivity contribution is -0.137. The number of aliphatic hydroxyl groups is 1. The van der Waals surface area contributed by atoms with Crippen LogP contribution in [0.5, 0.6) is 0 Å². The Kier molecular flexibility index (Phi) is 3.27. The van der Waals surface area contributed by atoms with E-state index < -0.39 is 24.3 Å². The van der Waals surface area contributed by atoms with Gasteiger partial charge in [-0.15, -0.1) is 0 Å². The van der Waals surface area contributed by atoms with E-state index in [1.807, 2.05) is 0 Å². The molecular weight excluding hydrogens is 209 g/mol. The van der Waals surface area contributed by atoms with Crippen molar-refractivity contribution in [3.8, 4) is 6.07 Å². The van der Waals surface area contributed by atoms with Crippen LogP contribution in [0.2, 0.25) is 0 Å². The van der Waals surface area contributed by atoms with Crippen LogP contribution in [0.15, 0.2) is 18.3 Å². The molecule has 1 N–H and O–H groups in total. The van der Waals surface area contributed by atoms with Crippen molar-refractivity contribution in [2.45, 2.75) is 12.1 Å². The van der Waals surface area contributed by atoms with Crippen LogP contribution in [0.4, 0.5) is 13.2 Å². The molecule has 1 unspecified atom stereocenters. The molecule has 0 saturated carbocycles. The summed E-state index contributed by atoms with van der Waals surface area (Å²) in [5.74, 6) is -0.882. The van der Waals surface area contributed by atoms with Crippen molar-refractivity contribution in [2.24, 2.45) is 0 Å². The van der Waals surface area contributed by atoms with Gasteiger partial charge < -0.3 is 5.11 Å². The van der Waals surface area contributed by atoms with E-state index >= 15 is 0 Å². The van der Waals surface area contributed by atoms with Crippen LogP contribution in [0.1, 0.15) is 17.2 Å². The van der Waals surface area contributed by atoms with Gasteiger partial charge in [-0.2, -0.15) is 18.4 Å². The maximum atomic E-state index is 12.1. The highest BCUT2D eigenvalue weighted by Gasteiger charge is 2.30. The fraction of sp³-hybridized carbons (Fsp3) is 0.333. The topological polar surface area (TPSA) is 56.9 Å². The highest BCUT2D eigenvalue weighted by atomic mass is 19.4. The first kappa shape index (κ1) is 11.5. The fourth-order valence-corrected chi connectivity index (χ4v) is 0.980. The lowest BCUT2D eigenvalue weighted by Gasteiger charge is -2.08. The number of pyridine rings is 1. The summed E-state index contributed by atoms with van der Waals surface area (Å²) in [5, 5.41) is 17.3. The molecule has 1 aromatic heterocycles. The summed E-state index contributed by atoms with van der Waals surface area (Å²) in [6.07, 6.45) is -3.79. The Morgan fingerprint density at radius 3 is 2.47 bits per heavy atom. The van der Waals surface area contributed by atoms with E-state index in [0.29, 0.717) is 6.20 Å². The largest absolute Gasteiger partial charge is 0.417 e. The molecule has 0 spiro atoms. The maximum absolute atomic E-state index is 12.1. The number of hydrogen-bond acceptors (Lipinski definition) is 3. The van der Waals surface area contributed by atoms with Crippen LogP contribution in [-0.2, 0) is 6.18 Å². The molecule has 0 aliphatic carbocycles. The van der Waals surface area contributed by atoms with Gasteiger partial charge in [0.2, 0.25) is 0 Å². The van der Waals surface area contributed by atoms with Crippen LogP contribution >= 0.6 is 0 Å². The third-order valence-corrected chi connectivity index (χ3v) is 1.81. The molecule has 0 aliphatic rings. The molecule has 0 fully saturated rings. The second-order valence-electron chi connectivity index (χ2n) is 2.83. The van der Waals surface area contributed by atoms with Crippen LogP contribution in [0.3, 0.4) is 0 Å². The smallest absolute Gasteiger partial charge is 0.395 e. The zero-order valence-electron chi connectivity index (χ0n) is 7.49. The summed E-state index contributed by atoms with van der Waals surface area (Å²) in [4.78, 5) is 3.48. The number of aliphatic hydroxyl groups excluding tert-OH is 1. The first-order valence-electron chi connectivity index (χ1n) is 4.02. The average Bonchev–Trinajstić information content (AvgIpc) is 2.19. The first-order chi connectivity index (χ1) is 6.99. The minimum atomic E-state index is -4.44. The lowest BCUT2D eigenvalue weighted by Crippen LogP contribution is -2.08. The Bertz CT molecular complexity index is 366. The molecule has 80 valence electrons. The second kappa shape index (κ2) is 4.28. The number of nitrogens with zero attached hydrogens (tertiary/aromatic N) is 2. The summed E-state index contributed by atoms with van der Waals surface area (Å²) >= 11 is 0. The number of rotatable bonds is 2. The number of halogens is 3. The maximum Gasteiger partial charge on any atom is 0.417 e. The molecule has 0 saturated heterocycles. The summed E-state index contributed by atoms with van der Waals surface area (Å²) in [6.45, 7) is -0.463. The number of nitriles is 1. The van der Waals surface area contributed by atoms with E-state index in [1.165, 1.54) is 0 Å².